The van der Waals surface area contributed by atoms with Crippen LogP contribution in [0.15, 0.2) is 18.2 Å². The number of rotatable bonds is 4. The molecule has 0 saturated carbocycles. The van der Waals surface area contributed by atoms with Crippen molar-refractivity contribution in [2.24, 2.45) is 0 Å². The lowest BCUT2D eigenvalue weighted by Gasteiger charge is -2.22. The largest absolute Gasteiger partial charge is 0.309 e. The van der Waals surface area contributed by atoms with Crippen molar-refractivity contribution in [1.82, 2.24) is 10.3 Å². The average Bonchev–Trinajstić information content (AvgIpc) is 2.92. The predicted molar refractivity (Wildman–Crippen MR) is 81.4 cm³/mol. The summed E-state index contributed by atoms with van der Waals surface area (Å²) in [6, 6.07) is 4.28. The van der Waals surface area contributed by atoms with Crippen molar-refractivity contribution in [3.63, 3.8) is 0 Å². The molecule has 0 spiro atoms. The van der Waals surface area contributed by atoms with Gasteiger partial charge >= 0.3 is 0 Å². The van der Waals surface area contributed by atoms with Crippen LogP contribution in [-0.2, 0) is 6.42 Å². The van der Waals surface area contributed by atoms with Crippen molar-refractivity contribution in [2.45, 2.75) is 38.6 Å². The van der Waals surface area contributed by atoms with Gasteiger partial charge in [-0.3, -0.25) is 0 Å². The van der Waals surface area contributed by atoms with Crippen molar-refractivity contribution in [1.29, 1.82) is 0 Å². The van der Waals surface area contributed by atoms with E-state index in [0.29, 0.717) is 11.6 Å². The summed E-state index contributed by atoms with van der Waals surface area (Å²) >= 11 is 1.60. The van der Waals surface area contributed by atoms with Gasteiger partial charge in [0.2, 0.25) is 0 Å². The predicted octanol–water partition coefficient (Wildman–Crippen LogP) is 4.47. The Bertz CT molecular complexity index is 639. The molecule has 0 saturated heterocycles. The molecule has 1 heterocycles. The molecule has 21 heavy (non-hydrogen) atoms. The van der Waals surface area contributed by atoms with E-state index in [4.69, 9.17) is 4.98 Å². The zero-order valence-electron chi connectivity index (χ0n) is 12.0. The Kier molecular flexibility index (Phi) is 4.31. The molecule has 1 atom stereocenters. The van der Waals surface area contributed by atoms with Crippen molar-refractivity contribution in [2.75, 3.05) is 6.54 Å². The van der Waals surface area contributed by atoms with Crippen LogP contribution in [0.4, 0.5) is 8.78 Å². The maximum absolute atomic E-state index is 13.4. The Balaban J connectivity index is 1.91. The van der Waals surface area contributed by atoms with Crippen molar-refractivity contribution in [3.8, 4) is 10.6 Å². The molecule has 1 aliphatic carbocycles. The van der Waals surface area contributed by atoms with Gasteiger partial charge in [-0.1, -0.05) is 6.92 Å². The van der Waals surface area contributed by atoms with E-state index in [-0.39, 0.29) is 0 Å². The van der Waals surface area contributed by atoms with Gasteiger partial charge in [0.15, 0.2) is 11.6 Å². The smallest absolute Gasteiger partial charge is 0.159 e. The minimum atomic E-state index is -0.818. The second-order valence-corrected chi connectivity index (χ2v) is 6.44. The molecule has 112 valence electrons. The molecule has 2 nitrogen and oxygen atoms in total. The molecule has 2 aromatic rings. The molecule has 1 N–H and O–H groups in total. The summed E-state index contributed by atoms with van der Waals surface area (Å²) in [6.07, 6.45) is 4.36. The maximum atomic E-state index is 13.4. The fourth-order valence-electron chi connectivity index (χ4n) is 2.69. The van der Waals surface area contributed by atoms with Gasteiger partial charge in [0, 0.05) is 10.4 Å². The number of nitrogens with one attached hydrogen (secondary N) is 1. The van der Waals surface area contributed by atoms with E-state index >= 15 is 0 Å². The Hall–Kier alpha value is -1.33. The summed E-state index contributed by atoms with van der Waals surface area (Å²) < 4.78 is 26.4. The van der Waals surface area contributed by atoms with E-state index in [1.165, 1.54) is 10.9 Å². The third-order valence-electron chi connectivity index (χ3n) is 3.76. The summed E-state index contributed by atoms with van der Waals surface area (Å²) in [5, 5.41) is 4.30. The van der Waals surface area contributed by atoms with E-state index in [1.54, 1.807) is 17.4 Å². The topological polar surface area (TPSA) is 24.9 Å². The molecule has 0 amide bonds. The molecule has 1 unspecified atom stereocenters. The number of thiazole rings is 1. The molecule has 3 rings (SSSR count). The van der Waals surface area contributed by atoms with Gasteiger partial charge in [-0.25, -0.2) is 13.8 Å². The van der Waals surface area contributed by atoms with Gasteiger partial charge in [-0.15, -0.1) is 11.3 Å². The first-order chi connectivity index (χ1) is 10.2. The zero-order valence-corrected chi connectivity index (χ0v) is 12.8. The third-order valence-corrected chi connectivity index (χ3v) is 4.94. The molecule has 1 aromatic carbocycles. The number of benzene rings is 1. The minimum Gasteiger partial charge on any atom is -0.309 e. The molecular weight excluding hydrogens is 290 g/mol. The van der Waals surface area contributed by atoms with Crippen molar-refractivity contribution in [3.05, 3.63) is 40.4 Å². The van der Waals surface area contributed by atoms with E-state index in [9.17, 15) is 8.78 Å². The maximum Gasteiger partial charge on any atom is 0.159 e. The molecule has 0 bridgehead atoms. The summed E-state index contributed by atoms with van der Waals surface area (Å²) in [4.78, 5) is 5.97. The first-order valence-electron chi connectivity index (χ1n) is 7.37. The minimum absolute atomic E-state index is 0.295. The molecule has 1 aromatic heterocycles. The Morgan fingerprint density at radius 1 is 1.33 bits per heavy atom. The Morgan fingerprint density at radius 2 is 2.19 bits per heavy atom. The van der Waals surface area contributed by atoms with Gasteiger partial charge in [-0.05, 0) is 50.4 Å². The second-order valence-electron chi connectivity index (χ2n) is 5.36. The summed E-state index contributed by atoms with van der Waals surface area (Å²) in [7, 11) is 0. The van der Waals surface area contributed by atoms with Gasteiger partial charge in [0.05, 0.1) is 11.7 Å². The highest BCUT2D eigenvalue weighted by Gasteiger charge is 2.24. The van der Waals surface area contributed by atoms with E-state index in [1.807, 2.05) is 0 Å². The van der Waals surface area contributed by atoms with Crippen LogP contribution >= 0.6 is 11.3 Å². The first kappa shape index (κ1) is 14.6. The lowest BCUT2D eigenvalue weighted by Crippen LogP contribution is -2.25. The Morgan fingerprint density at radius 3 is 2.95 bits per heavy atom. The number of nitrogens with zero attached hydrogens (tertiary/aromatic N) is 1. The van der Waals surface area contributed by atoms with Crippen molar-refractivity contribution >= 4 is 11.3 Å². The standard InChI is InChI=1S/C16H18F2N2S/c1-2-8-19-13-4-3-5-14-15(13)20-16(21-14)10-6-7-11(17)12(18)9-10/h6-7,9,13,19H,2-5,8H2,1H3. The van der Waals surface area contributed by atoms with Crippen molar-refractivity contribution < 1.29 is 8.78 Å². The fraction of sp³-hybridized carbons (Fsp3) is 0.438. The third kappa shape index (κ3) is 2.99. The fourth-order valence-corrected chi connectivity index (χ4v) is 3.85. The number of aryl methyl sites for hydroxylation is 1. The molecule has 1 aliphatic rings. The molecular formula is C16H18F2N2S. The highest BCUT2D eigenvalue weighted by Crippen LogP contribution is 2.37. The Labute approximate surface area is 127 Å². The molecule has 0 aliphatic heterocycles. The summed E-state index contributed by atoms with van der Waals surface area (Å²) in [5.41, 5.74) is 1.75. The molecule has 0 radical (unpaired) electrons. The molecule has 5 heteroatoms. The van der Waals surface area contributed by atoms with Crippen LogP contribution in [-0.4, -0.2) is 11.5 Å². The van der Waals surface area contributed by atoms with Crippen LogP contribution < -0.4 is 5.32 Å². The number of halogens is 2. The normalized spacial score (nSPS) is 17.8. The summed E-state index contributed by atoms with van der Waals surface area (Å²) in [6.45, 7) is 3.12. The number of aromatic nitrogens is 1. The lowest BCUT2D eigenvalue weighted by molar-refractivity contribution is 0.454. The number of hydrogen-bond donors (Lipinski definition) is 1. The summed E-state index contributed by atoms with van der Waals surface area (Å²) in [5.74, 6) is -1.64. The van der Waals surface area contributed by atoms with E-state index in [0.717, 1.165) is 49.0 Å². The second kappa shape index (κ2) is 6.20. The van der Waals surface area contributed by atoms with Crippen LogP contribution in [0.1, 0.15) is 42.8 Å². The quantitative estimate of drug-likeness (QED) is 0.901. The van der Waals surface area contributed by atoms with Crippen LogP contribution in [0.5, 0.6) is 0 Å². The highest BCUT2D eigenvalue weighted by atomic mass is 32.1. The average molecular weight is 308 g/mol. The van der Waals surface area contributed by atoms with Gasteiger partial charge in [0.25, 0.3) is 0 Å². The SMILES string of the molecule is CCCNC1CCCc2sc(-c3ccc(F)c(F)c3)nc21. The lowest BCUT2D eigenvalue weighted by atomic mass is 9.97. The number of hydrogen-bond acceptors (Lipinski definition) is 3. The van der Waals surface area contributed by atoms with Gasteiger partial charge in [0.1, 0.15) is 5.01 Å². The van der Waals surface area contributed by atoms with Crippen LogP contribution in [0.25, 0.3) is 10.6 Å². The van der Waals surface area contributed by atoms with Gasteiger partial charge in [-0.2, -0.15) is 0 Å². The number of fused-ring (bicyclic) bond motifs is 1. The monoisotopic (exact) mass is 308 g/mol. The van der Waals surface area contributed by atoms with Crippen LogP contribution in [0.3, 0.4) is 0 Å². The van der Waals surface area contributed by atoms with E-state index in [2.05, 4.69) is 12.2 Å². The van der Waals surface area contributed by atoms with Crippen LogP contribution in [0, 0.1) is 11.6 Å². The highest BCUT2D eigenvalue weighted by molar-refractivity contribution is 7.15. The van der Waals surface area contributed by atoms with E-state index < -0.39 is 11.6 Å². The van der Waals surface area contributed by atoms with Crippen LogP contribution in [0.2, 0.25) is 0 Å². The van der Waals surface area contributed by atoms with Gasteiger partial charge < -0.3 is 5.32 Å². The molecule has 0 fully saturated rings. The first-order valence-corrected chi connectivity index (χ1v) is 8.19. The zero-order chi connectivity index (χ0) is 14.8.